The minimum atomic E-state index is -0.259. The van der Waals surface area contributed by atoms with Crippen LogP contribution >= 0.6 is 0 Å². The van der Waals surface area contributed by atoms with Crippen molar-refractivity contribution in [3.05, 3.63) is 28.6 Å². The Hall–Kier alpha value is -2.12. The number of nitrogen functional groups attached to an aromatic ring is 1. The van der Waals surface area contributed by atoms with Crippen LogP contribution in [0.25, 0.3) is 10.9 Å². The maximum Gasteiger partial charge on any atom is 0.260 e. The molecule has 1 atom stereocenters. The van der Waals surface area contributed by atoms with E-state index in [0.717, 1.165) is 0 Å². The first-order chi connectivity index (χ1) is 9.63. The molecule has 1 aromatic carbocycles. The molecule has 7 heteroatoms. The maximum atomic E-state index is 12.0. The van der Waals surface area contributed by atoms with Crippen LogP contribution in [0.3, 0.4) is 0 Å². The number of hydrogen-bond donors (Lipinski definition) is 4. The Morgan fingerprint density at radius 3 is 3.05 bits per heavy atom. The highest BCUT2D eigenvalue weighted by Crippen LogP contribution is 2.13. The van der Waals surface area contributed by atoms with Gasteiger partial charge in [-0.3, -0.25) is 9.78 Å². The summed E-state index contributed by atoms with van der Waals surface area (Å²) >= 11 is 0. The average molecular weight is 278 g/mol. The van der Waals surface area contributed by atoms with E-state index in [2.05, 4.69) is 15.3 Å². The number of rotatable bonds is 6. The normalized spacial score (nSPS) is 12.5. The van der Waals surface area contributed by atoms with E-state index in [1.54, 1.807) is 25.3 Å². The number of aromatic nitrogens is 2. The zero-order valence-electron chi connectivity index (χ0n) is 11.2. The third-order valence-corrected chi connectivity index (χ3v) is 2.92. The monoisotopic (exact) mass is 278 g/mol. The Morgan fingerprint density at radius 1 is 1.55 bits per heavy atom. The largest absolute Gasteiger partial charge is 0.399 e. The molecule has 0 aliphatic rings. The number of aliphatic hydroxyl groups is 1. The zero-order chi connectivity index (χ0) is 14.5. The summed E-state index contributed by atoms with van der Waals surface area (Å²) in [6, 6.07) is 4.85. The van der Waals surface area contributed by atoms with Crippen molar-refractivity contribution < 1.29 is 9.84 Å². The van der Waals surface area contributed by atoms with Gasteiger partial charge < -0.3 is 20.9 Å². The standard InChI is InChI=1S/C13H18N4O3/c1-20-7-9(4-5-18)15-13-16-11-3-2-8(14)6-10(11)12(19)17-13/h2-3,6,9,18H,4-5,7,14H2,1H3,(H2,15,16,17,19). The molecule has 0 amide bonds. The Bertz CT molecular complexity index is 635. The van der Waals surface area contributed by atoms with Crippen molar-refractivity contribution >= 4 is 22.5 Å². The summed E-state index contributed by atoms with van der Waals surface area (Å²) in [5.41, 5.74) is 6.47. The molecular formula is C13H18N4O3. The van der Waals surface area contributed by atoms with Gasteiger partial charge in [-0.05, 0) is 24.6 Å². The van der Waals surface area contributed by atoms with E-state index in [1.165, 1.54) is 0 Å². The molecule has 0 radical (unpaired) electrons. The number of hydrogen-bond acceptors (Lipinski definition) is 6. The molecule has 0 saturated heterocycles. The molecule has 1 unspecified atom stereocenters. The second-order valence-corrected chi connectivity index (χ2v) is 4.50. The zero-order valence-corrected chi connectivity index (χ0v) is 11.2. The molecule has 20 heavy (non-hydrogen) atoms. The minimum absolute atomic E-state index is 0.0232. The van der Waals surface area contributed by atoms with Crippen LogP contribution in [0, 0.1) is 0 Å². The molecule has 0 bridgehead atoms. The van der Waals surface area contributed by atoms with Gasteiger partial charge >= 0.3 is 0 Å². The molecule has 2 aromatic rings. The number of benzene rings is 1. The van der Waals surface area contributed by atoms with Crippen molar-refractivity contribution in [1.82, 2.24) is 9.97 Å². The summed E-state index contributed by atoms with van der Waals surface area (Å²) < 4.78 is 5.05. The SMILES string of the molecule is COCC(CCO)Nc1nc2ccc(N)cc2c(=O)[nH]1. The van der Waals surface area contributed by atoms with Crippen LogP contribution in [0.1, 0.15) is 6.42 Å². The van der Waals surface area contributed by atoms with Gasteiger partial charge in [0.25, 0.3) is 5.56 Å². The first-order valence-electron chi connectivity index (χ1n) is 6.30. The predicted octanol–water partition coefficient (Wildman–Crippen LogP) is 0.315. The summed E-state index contributed by atoms with van der Waals surface area (Å²) in [5.74, 6) is 0.350. The smallest absolute Gasteiger partial charge is 0.260 e. The van der Waals surface area contributed by atoms with Gasteiger partial charge in [0.2, 0.25) is 5.95 Å². The summed E-state index contributed by atoms with van der Waals surface area (Å²) in [6.45, 7) is 0.430. The first-order valence-corrected chi connectivity index (χ1v) is 6.30. The van der Waals surface area contributed by atoms with Crippen molar-refractivity contribution in [3.8, 4) is 0 Å². The number of ether oxygens (including phenoxy) is 1. The van der Waals surface area contributed by atoms with Crippen molar-refractivity contribution in [3.63, 3.8) is 0 Å². The van der Waals surface area contributed by atoms with Crippen LogP contribution < -0.4 is 16.6 Å². The molecule has 0 aliphatic carbocycles. The molecular weight excluding hydrogens is 260 g/mol. The topological polar surface area (TPSA) is 113 Å². The number of nitrogens with one attached hydrogen (secondary N) is 2. The second-order valence-electron chi connectivity index (χ2n) is 4.50. The number of nitrogens with two attached hydrogens (primary N) is 1. The molecule has 0 saturated carbocycles. The number of H-pyrrole nitrogens is 1. The molecule has 1 aromatic heterocycles. The summed E-state index contributed by atoms with van der Waals surface area (Å²) in [6.07, 6.45) is 0.497. The fourth-order valence-electron chi connectivity index (χ4n) is 1.97. The Morgan fingerprint density at radius 2 is 2.35 bits per heavy atom. The quantitative estimate of drug-likeness (QED) is 0.566. The van der Waals surface area contributed by atoms with Crippen molar-refractivity contribution in [2.45, 2.75) is 12.5 Å². The number of methoxy groups -OCH3 is 1. The highest BCUT2D eigenvalue weighted by atomic mass is 16.5. The number of anilines is 2. The predicted molar refractivity (Wildman–Crippen MR) is 77.8 cm³/mol. The molecule has 7 nitrogen and oxygen atoms in total. The van der Waals surface area contributed by atoms with Gasteiger partial charge in [-0.2, -0.15) is 0 Å². The van der Waals surface area contributed by atoms with Crippen LogP contribution in [-0.2, 0) is 4.74 Å². The average Bonchev–Trinajstić information content (AvgIpc) is 2.40. The van der Waals surface area contributed by atoms with Gasteiger partial charge in [0, 0.05) is 19.4 Å². The van der Waals surface area contributed by atoms with E-state index in [0.29, 0.717) is 35.6 Å². The van der Waals surface area contributed by atoms with Crippen LogP contribution in [0.15, 0.2) is 23.0 Å². The summed E-state index contributed by atoms with van der Waals surface area (Å²) in [7, 11) is 1.57. The Labute approximate surface area is 115 Å². The highest BCUT2D eigenvalue weighted by molar-refractivity contribution is 5.81. The van der Waals surface area contributed by atoms with E-state index >= 15 is 0 Å². The van der Waals surface area contributed by atoms with Gasteiger partial charge in [0.05, 0.1) is 23.6 Å². The van der Waals surface area contributed by atoms with Crippen molar-refractivity contribution in [2.75, 3.05) is 31.4 Å². The lowest BCUT2D eigenvalue weighted by Crippen LogP contribution is -2.28. The number of aliphatic hydroxyl groups excluding tert-OH is 1. The third kappa shape index (κ3) is 3.25. The first kappa shape index (κ1) is 14.3. The molecule has 0 spiro atoms. The maximum absolute atomic E-state index is 12.0. The van der Waals surface area contributed by atoms with Gasteiger partial charge in [-0.25, -0.2) is 4.98 Å². The third-order valence-electron chi connectivity index (χ3n) is 2.92. The fourth-order valence-corrected chi connectivity index (χ4v) is 1.97. The lowest BCUT2D eigenvalue weighted by molar-refractivity contribution is 0.170. The Balaban J connectivity index is 2.31. The molecule has 0 fully saturated rings. The minimum Gasteiger partial charge on any atom is -0.399 e. The van der Waals surface area contributed by atoms with Crippen LogP contribution in [0.5, 0.6) is 0 Å². The Kier molecular flexibility index (Phi) is 4.54. The highest BCUT2D eigenvalue weighted by Gasteiger charge is 2.10. The van der Waals surface area contributed by atoms with Gasteiger partial charge in [0.1, 0.15) is 0 Å². The van der Waals surface area contributed by atoms with Gasteiger partial charge in [-0.1, -0.05) is 0 Å². The molecule has 1 heterocycles. The second kappa shape index (κ2) is 6.36. The van der Waals surface area contributed by atoms with E-state index in [-0.39, 0.29) is 18.2 Å². The lowest BCUT2D eigenvalue weighted by atomic mass is 10.2. The van der Waals surface area contributed by atoms with E-state index in [9.17, 15) is 4.79 Å². The van der Waals surface area contributed by atoms with Crippen LogP contribution in [-0.4, -0.2) is 41.4 Å². The number of fused-ring (bicyclic) bond motifs is 1. The van der Waals surface area contributed by atoms with Gasteiger partial charge in [0.15, 0.2) is 0 Å². The fraction of sp³-hybridized carbons (Fsp3) is 0.385. The van der Waals surface area contributed by atoms with E-state index < -0.39 is 0 Å². The van der Waals surface area contributed by atoms with E-state index in [4.69, 9.17) is 15.6 Å². The van der Waals surface area contributed by atoms with Gasteiger partial charge in [-0.15, -0.1) is 0 Å². The van der Waals surface area contributed by atoms with Crippen LogP contribution in [0.4, 0.5) is 11.6 Å². The lowest BCUT2D eigenvalue weighted by Gasteiger charge is -2.17. The number of nitrogens with zero attached hydrogens (tertiary/aromatic N) is 1. The van der Waals surface area contributed by atoms with Crippen molar-refractivity contribution in [2.24, 2.45) is 0 Å². The molecule has 5 N–H and O–H groups in total. The molecule has 2 rings (SSSR count). The van der Waals surface area contributed by atoms with Crippen LogP contribution in [0.2, 0.25) is 0 Å². The summed E-state index contributed by atoms with van der Waals surface area (Å²) in [5, 5.41) is 12.5. The van der Waals surface area contributed by atoms with Crippen molar-refractivity contribution in [1.29, 1.82) is 0 Å². The summed E-state index contributed by atoms with van der Waals surface area (Å²) in [4.78, 5) is 19.0. The molecule has 0 aliphatic heterocycles. The molecule has 108 valence electrons. The van der Waals surface area contributed by atoms with E-state index in [1.807, 2.05) is 0 Å². The number of aromatic amines is 1.